The van der Waals surface area contributed by atoms with Gasteiger partial charge in [-0.2, -0.15) is 10.4 Å². The van der Waals surface area contributed by atoms with Crippen molar-refractivity contribution in [2.45, 2.75) is 109 Å². The molecule has 0 saturated heterocycles. The van der Waals surface area contributed by atoms with E-state index in [2.05, 4.69) is 25.0 Å². The molecule has 5 rings (SSSR count). The Kier molecular flexibility index (Phi) is 5.93. The number of rotatable bonds is 4. The first kappa shape index (κ1) is 23.4. The molecule has 1 aromatic rings. The predicted molar refractivity (Wildman–Crippen MR) is 128 cm³/mol. The van der Waals surface area contributed by atoms with Gasteiger partial charge >= 0.3 is 0 Å². The molecule has 4 aliphatic carbocycles. The van der Waals surface area contributed by atoms with Gasteiger partial charge in [0.05, 0.1) is 29.5 Å². The Balaban J connectivity index is 1.35. The summed E-state index contributed by atoms with van der Waals surface area (Å²) < 4.78 is 1.76. The summed E-state index contributed by atoms with van der Waals surface area (Å²) in [7, 11) is 0. The number of nitrogens with zero attached hydrogens (tertiary/aromatic N) is 3. The molecule has 0 bridgehead atoms. The fraction of sp³-hybridized carbons (Fsp3) is 0.857. The van der Waals surface area contributed by atoms with Crippen LogP contribution >= 0.6 is 0 Å². The Morgan fingerprint density at radius 2 is 1.94 bits per heavy atom. The zero-order chi connectivity index (χ0) is 23.4. The lowest BCUT2D eigenvalue weighted by Gasteiger charge is -2.62. The maximum absolute atomic E-state index is 11.8. The van der Waals surface area contributed by atoms with E-state index in [-0.39, 0.29) is 11.3 Å². The Labute approximate surface area is 199 Å². The highest BCUT2D eigenvalue weighted by Crippen LogP contribution is 2.64. The molecule has 1 unspecified atom stereocenters. The first-order valence-corrected chi connectivity index (χ1v) is 13.6. The molecule has 2 N–H and O–H groups in total. The highest BCUT2D eigenvalue weighted by Gasteiger charge is 2.59. The van der Waals surface area contributed by atoms with Crippen molar-refractivity contribution in [3.63, 3.8) is 0 Å². The second kappa shape index (κ2) is 8.38. The topological polar surface area (TPSA) is 82.1 Å². The molecule has 0 aliphatic heterocycles. The summed E-state index contributed by atoms with van der Waals surface area (Å²) in [5.74, 6) is 4.07. The van der Waals surface area contributed by atoms with Gasteiger partial charge in [0.2, 0.25) is 0 Å². The molecular weight excluding hydrogens is 410 g/mol. The van der Waals surface area contributed by atoms with E-state index >= 15 is 0 Å². The van der Waals surface area contributed by atoms with Gasteiger partial charge in [-0.1, -0.05) is 20.3 Å². The smallest absolute Gasteiger partial charge is 0.102 e. The van der Waals surface area contributed by atoms with E-state index in [4.69, 9.17) is 5.26 Å². The molecular formula is C28H43N3O2. The van der Waals surface area contributed by atoms with Gasteiger partial charge in [-0.3, -0.25) is 4.68 Å². The van der Waals surface area contributed by atoms with Crippen LogP contribution in [-0.2, 0) is 6.54 Å². The van der Waals surface area contributed by atoms with E-state index in [0.29, 0.717) is 23.9 Å². The third kappa shape index (κ3) is 3.96. The van der Waals surface area contributed by atoms with Crippen molar-refractivity contribution in [1.29, 1.82) is 5.26 Å². The van der Waals surface area contributed by atoms with Crippen LogP contribution in [0.4, 0.5) is 0 Å². The highest BCUT2D eigenvalue weighted by atomic mass is 16.3. The van der Waals surface area contributed by atoms with Crippen LogP contribution in [0.3, 0.4) is 0 Å². The molecule has 0 spiro atoms. The Morgan fingerprint density at radius 1 is 1.15 bits per heavy atom. The van der Waals surface area contributed by atoms with Crippen LogP contribution in [0.2, 0.25) is 0 Å². The molecule has 5 heteroatoms. The lowest BCUT2D eigenvalue weighted by atomic mass is 9.43. The van der Waals surface area contributed by atoms with Crippen molar-refractivity contribution in [3.05, 3.63) is 18.0 Å². The van der Waals surface area contributed by atoms with Crippen molar-refractivity contribution in [2.24, 2.45) is 40.9 Å². The SMILES string of the molecule is CC[C@@]1(O)CC[C@H]2[C@@H](CC[C@@H]3[C@@H]2CC[C@]2(C)[C@@H](C(C)(O)Cn4cc(C#N)cn4)CCC[C@@H]32)C1. The highest BCUT2D eigenvalue weighted by molar-refractivity contribution is 5.21. The van der Waals surface area contributed by atoms with E-state index < -0.39 is 11.2 Å². The molecule has 4 fully saturated rings. The summed E-state index contributed by atoms with van der Waals surface area (Å²) >= 11 is 0. The summed E-state index contributed by atoms with van der Waals surface area (Å²) in [6.07, 6.45) is 16.2. The monoisotopic (exact) mass is 453 g/mol. The van der Waals surface area contributed by atoms with Crippen molar-refractivity contribution in [2.75, 3.05) is 0 Å². The maximum atomic E-state index is 11.8. The van der Waals surface area contributed by atoms with Gasteiger partial charge in [-0.25, -0.2) is 0 Å². The van der Waals surface area contributed by atoms with Crippen LogP contribution in [0.1, 0.15) is 97.0 Å². The molecule has 1 aromatic heterocycles. The normalized spacial score (nSPS) is 44.6. The number of fused-ring (bicyclic) bond motifs is 5. The second-order valence-electron chi connectivity index (χ2n) is 12.7. The fourth-order valence-corrected chi connectivity index (χ4v) is 9.45. The van der Waals surface area contributed by atoms with Crippen LogP contribution in [0.25, 0.3) is 0 Å². The number of hydrogen-bond acceptors (Lipinski definition) is 4. The van der Waals surface area contributed by atoms with Crippen LogP contribution in [-0.4, -0.2) is 31.2 Å². The minimum absolute atomic E-state index is 0.166. The van der Waals surface area contributed by atoms with Crippen LogP contribution in [0.5, 0.6) is 0 Å². The second-order valence-corrected chi connectivity index (χ2v) is 12.7. The first-order chi connectivity index (χ1) is 15.7. The minimum Gasteiger partial charge on any atom is -0.390 e. The lowest BCUT2D eigenvalue weighted by Crippen LogP contribution is -2.58. The number of nitriles is 1. The van der Waals surface area contributed by atoms with E-state index in [1.54, 1.807) is 17.1 Å². The van der Waals surface area contributed by atoms with Crippen molar-refractivity contribution in [3.8, 4) is 6.07 Å². The summed E-state index contributed by atoms with van der Waals surface area (Å²) in [5, 5.41) is 36.2. The fourth-order valence-electron chi connectivity index (χ4n) is 9.45. The molecule has 4 aliphatic rings. The molecule has 33 heavy (non-hydrogen) atoms. The molecule has 9 atom stereocenters. The van der Waals surface area contributed by atoms with Gasteiger partial charge in [0.25, 0.3) is 0 Å². The molecule has 0 amide bonds. The van der Waals surface area contributed by atoms with Gasteiger partial charge in [-0.15, -0.1) is 0 Å². The van der Waals surface area contributed by atoms with Gasteiger partial charge < -0.3 is 10.2 Å². The van der Waals surface area contributed by atoms with E-state index in [0.717, 1.165) is 43.4 Å². The summed E-state index contributed by atoms with van der Waals surface area (Å²) in [6.45, 7) is 7.10. The average molecular weight is 454 g/mol. The molecule has 0 aromatic carbocycles. The molecule has 182 valence electrons. The molecule has 5 nitrogen and oxygen atoms in total. The summed E-state index contributed by atoms with van der Waals surface area (Å²) in [4.78, 5) is 0. The third-order valence-electron chi connectivity index (χ3n) is 11.0. The number of aromatic nitrogens is 2. The van der Waals surface area contributed by atoms with Crippen LogP contribution in [0, 0.1) is 52.3 Å². The summed E-state index contributed by atoms with van der Waals surface area (Å²) in [5.41, 5.74) is -0.527. The van der Waals surface area contributed by atoms with Crippen molar-refractivity contribution in [1.82, 2.24) is 9.78 Å². The van der Waals surface area contributed by atoms with Crippen molar-refractivity contribution < 1.29 is 10.2 Å². The largest absolute Gasteiger partial charge is 0.390 e. The maximum Gasteiger partial charge on any atom is 0.102 e. The Morgan fingerprint density at radius 3 is 2.67 bits per heavy atom. The Bertz CT molecular complexity index is 903. The van der Waals surface area contributed by atoms with Gasteiger partial charge in [-0.05, 0) is 112 Å². The Hall–Kier alpha value is -1.38. The number of aliphatic hydroxyl groups is 2. The van der Waals surface area contributed by atoms with E-state index in [9.17, 15) is 10.2 Å². The van der Waals surface area contributed by atoms with Gasteiger partial charge in [0.1, 0.15) is 6.07 Å². The van der Waals surface area contributed by atoms with Gasteiger partial charge in [0.15, 0.2) is 0 Å². The average Bonchev–Trinajstić information content (AvgIpc) is 3.24. The van der Waals surface area contributed by atoms with Crippen LogP contribution < -0.4 is 0 Å². The third-order valence-corrected chi connectivity index (χ3v) is 11.0. The van der Waals surface area contributed by atoms with E-state index in [1.165, 1.54) is 44.9 Å². The van der Waals surface area contributed by atoms with Crippen molar-refractivity contribution >= 4 is 0 Å². The zero-order valence-electron chi connectivity index (χ0n) is 20.8. The molecule has 4 saturated carbocycles. The summed E-state index contributed by atoms with van der Waals surface area (Å²) in [6, 6.07) is 2.15. The lowest BCUT2D eigenvalue weighted by molar-refractivity contribution is -0.171. The van der Waals surface area contributed by atoms with Crippen LogP contribution in [0.15, 0.2) is 12.4 Å². The standard InChI is InChI=1S/C28H43N3O2/c1-4-28(33)13-11-21-20(14-28)8-9-23-22(21)10-12-26(2)24(23)6-5-7-25(26)27(3,32)18-31-17-19(15-29)16-30-31/h16-17,20-25,32-33H,4-14,18H2,1-3H3/t20-,21-,22+,23+,24-,25-,26-,27?,28+/m0/s1. The molecule has 1 heterocycles. The molecule has 0 radical (unpaired) electrons. The predicted octanol–water partition coefficient (Wildman–Crippen LogP) is 5.31. The first-order valence-electron chi connectivity index (χ1n) is 13.6. The van der Waals surface area contributed by atoms with Gasteiger partial charge in [0, 0.05) is 6.20 Å². The number of hydrogen-bond donors (Lipinski definition) is 2. The quantitative estimate of drug-likeness (QED) is 0.648. The zero-order valence-corrected chi connectivity index (χ0v) is 20.8. The minimum atomic E-state index is -0.835. The van der Waals surface area contributed by atoms with E-state index in [1.807, 2.05) is 6.92 Å².